The molecule has 5 aliphatic rings. The largest absolute Gasteiger partial charge is 0.395 e. The van der Waals surface area contributed by atoms with Crippen LogP contribution in [0.2, 0.25) is 0 Å². The lowest BCUT2D eigenvalue weighted by Crippen LogP contribution is -2.53. The van der Waals surface area contributed by atoms with Crippen LogP contribution in [0.1, 0.15) is 220 Å². The number of nitrogens with zero attached hydrogens (tertiary/aromatic N) is 5. The topological polar surface area (TPSA) is 151 Å². The highest BCUT2D eigenvalue weighted by molar-refractivity contribution is 7.84. The van der Waals surface area contributed by atoms with Crippen LogP contribution in [0.25, 0.3) is 0 Å². The zero-order valence-electron chi connectivity index (χ0n) is 72.1. The summed E-state index contributed by atoms with van der Waals surface area (Å²) in [7, 11) is 3.24. The number of carbonyl (C=O) groups is 5. The Kier molecular flexibility index (Phi) is 38.7. The van der Waals surface area contributed by atoms with E-state index in [0.29, 0.717) is 86.4 Å². The fraction of sp³-hybridized carbons (Fsp3) is 0.544. The van der Waals surface area contributed by atoms with E-state index in [9.17, 15) is 107 Å². The quantitative estimate of drug-likeness (QED) is 0.0428. The minimum atomic E-state index is -1.38. The average Bonchev–Trinajstić information content (AvgIpc) is 0.735. The molecule has 0 spiro atoms. The summed E-state index contributed by atoms with van der Waals surface area (Å²) < 4.78 is 252. The van der Waals surface area contributed by atoms with Crippen LogP contribution in [0.3, 0.4) is 0 Å². The predicted octanol–water partition coefficient (Wildman–Crippen LogP) is 21.2. The van der Waals surface area contributed by atoms with Crippen molar-refractivity contribution in [1.29, 1.82) is 0 Å². The molecule has 678 valence electrons. The Labute approximate surface area is 706 Å². The molecule has 0 aromatic heterocycles. The van der Waals surface area contributed by atoms with Crippen molar-refractivity contribution in [3.8, 4) is 0 Å². The molecule has 0 heterocycles. The number of rotatable bonds is 25. The van der Waals surface area contributed by atoms with Crippen molar-refractivity contribution in [1.82, 2.24) is 29.2 Å². The fourth-order valence-electron chi connectivity index (χ4n) is 15.5. The summed E-state index contributed by atoms with van der Waals surface area (Å²) in [5.41, 5.74) is -3.14. The van der Waals surface area contributed by atoms with Crippen LogP contribution < -0.4 is 5.32 Å². The van der Waals surface area contributed by atoms with Crippen LogP contribution in [-0.4, -0.2) is 108 Å². The first-order valence-corrected chi connectivity index (χ1v) is 41.8. The lowest BCUT2D eigenvalue weighted by atomic mass is 9.49. The number of aliphatic hydroxyl groups excluding tert-OH is 1. The predicted molar refractivity (Wildman–Crippen MR) is 430 cm³/mol. The van der Waals surface area contributed by atoms with Gasteiger partial charge in [0.25, 0.3) is 0 Å². The summed E-state index contributed by atoms with van der Waals surface area (Å²) in [6, 6.07) is 8.42. The minimum Gasteiger partial charge on any atom is -0.395 e. The van der Waals surface area contributed by atoms with Gasteiger partial charge in [0.2, 0.25) is 29.5 Å². The highest BCUT2D eigenvalue weighted by Gasteiger charge is 2.55. The maximum absolute atomic E-state index is 13.9. The smallest absolute Gasteiger partial charge is 0.228 e. The molecule has 5 fully saturated rings. The number of amides is 5. The number of nitrogens with one attached hydrogen (secondary N) is 1. The summed E-state index contributed by atoms with van der Waals surface area (Å²) in [6.45, 7) is 22.4. The number of benzene rings is 6. The van der Waals surface area contributed by atoms with Crippen LogP contribution in [0.5, 0.6) is 0 Å². The van der Waals surface area contributed by atoms with Crippen LogP contribution in [0, 0.1) is 150 Å². The van der Waals surface area contributed by atoms with Gasteiger partial charge in [0.05, 0.1) is 27.8 Å². The first-order chi connectivity index (χ1) is 56.8. The van der Waals surface area contributed by atoms with E-state index < -0.39 is 137 Å². The SMILES string of the molecule is CCC(C)(C)C(=O)N(C)Cc1cc(F)cc(F)c1F.CCC(C)(C)C(=O)N(CCO)Cc1cc(F)cc(F)c1F.CCC(C)(CC)C(=O)NCc1cc(F)cc(F)c1F.CCN(Cc1cc(F)cc(F)c1F)C(=O)C1CCCCC1.CN(Cc1cc(F)cc(F)c1F)C(=O)C12CC3CC(CC(C3)C1)C2.CN(Cc1cc(F)cc(F)c1F)S(=O)C(C)(C)C. The van der Waals surface area contributed by atoms with Crippen LogP contribution in [0.4, 0.5) is 79.0 Å². The van der Waals surface area contributed by atoms with Gasteiger partial charge < -0.3 is 30.0 Å². The standard InChI is InChI=1S/C19H22F3NO.C16H20F3NO.C15H20F3NO2.2C14H18F3NO.C12H16F3NOS/c1-23(10-14-5-15(20)6-16(21)17(14)22)18(24)19-7-11-2-12(8-19)4-13(3-11)9-19;1-2-20(16(21)11-6-4-3-5-7-11)10-12-8-13(17)9-14(18)15(12)19;1-4-15(2,3)14(21)19(5-6-20)9-10-7-11(16)8-12(17)13(10)18;1-5-14(2,3)13(19)18(4)8-9-6-10(15)7-11(16)12(9)17;1-4-14(3,5-2)13(19)18-8-9-6-10(15)7-11(16)12(9)17;1-12(2,3)18(17)16(4)7-8-5-9(13)6-10(14)11(8)15/h5-6,11-13H,2-4,7-10H2,1H3;8-9,11H,2-7,10H2,1H3;7-8,20H,4-6,9H2,1-3H3;6-7H,5,8H2,1-4H3;6-7H,4-5,8H2,1-3H3,(H,18,19);5-6H,7H2,1-4H3. The molecular weight excluding hydrogens is 1650 g/mol. The van der Waals surface area contributed by atoms with Gasteiger partial charge in [0, 0.05) is 165 Å². The van der Waals surface area contributed by atoms with Crippen molar-refractivity contribution in [2.24, 2.45) is 45.3 Å². The second-order valence-corrected chi connectivity index (χ2v) is 36.7. The van der Waals surface area contributed by atoms with Crippen LogP contribution in [-0.2, 0) is 74.2 Å². The zero-order valence-corrected chi connectivity index (χ0v) is 72.9. The Hall–Kier alpha value is -8.52. The number of hydrogen-bond acceptors (Lipinski definition) is 7. The first-order valence-electron chi connectivity index (χ1n) is 40.7. The maximum atomic E-state index is 13.9. The Morgan fingerprint density at radius 3 is 1.08 bits per heavy atom. The maximum Gasteiger partial charge on any atom is 0.228 e. The molecule has 13 nitrogen and oxygen atoms in total. The second kappa shape index (κ2) is 45.4. The van der Waals surface area contributed by atoms with E-state index in [2.05, 4.69) is 5.32 Å². The lowest BCUT2D eigenvalue weighted by molar-refractivity contribution is -0.156. The van der Waals surface area contributed by atoms with E-state index in [1.54, 1.807) is 69.4 Å². The zero-order chi connectivity index (χ0) is 92.2. The molecule has 11 rings (SSSR count). The van der Waals surface area contributed by atoms with Gasteiger partial charge in [-0.3, -0.25) is 24.0 Å². The van der Waals surface area contributed by atoms with Gasteiger partial charge in [-0.1, -0.05) is 81.6 Å². The Morgan fingerprint density at radius 1 is 0.426 bits per heavy atom. The third kappa shape index (κ3) is 28.5. The molecule has 0 aliphatic heterocycles. The summed E-state index contributed by atoms with van der Waals surface area (Å²) >= 11 is 0. The highest BCUT2D eigenvalue weighted by Crippen LogP contribution is 2.60. The Balaban J connectivity index is 0.000000261. The van der Waals surface area contributed by atoms with Crippen molar-refractivity contribution >= 4 is 40.5 Å². The minimum absolute atomic E-state index is 0.0191. The highest BCUT2D eigenvalue weighted by atomic mass is 32.2. The molecule has 32 heteroatoms. The van der Waals surface area contributed by atoms with Crippen molar-refractivity contribution < 1.29 is 112 Å². The number of aliphatic hydroxyl groups is 1. The summed E-state index contributed by atoms with van der Waals surface area (Å²) in [6.07, 6.45) is 13.8. The molecule has 4 bridgehead atoms. The molecule has 5 amide bonds. The molecule has 0 saturated heterocycles. The first kappa shape index (κ1) is 104. The van der Waals surface area contributed by atoms with Crippen molar-refractivity contribution in [2.45, 2.75) is 230 Å². The third-order valence-electron chi connectivity index (χ3n) is 23.1. The van der Waals surface area contributed by atoms with Gasteiger partial charge >= 0.3 is 0 Å². The van der Waals surface area contributed by atoms with Crippen molar-refractivity contribution in [2.75, 3.05) is 40.8 Å². The molecular formula is C90H114F18N6O7S. The van der Waals surface area contributed by atoms with E-state index in [1.807, 2.05) is 27.7 Å². The van der Waals surface area contributed by atoms with E-state index in [4.69, 9.17) is 5.11 Å². The van der Waals surface area contributed by atoms with Crippen LogP contribution >= 0.6 is 0 Å². The second-order valence-electron chi connectivity index (χ2n) is 34.4. The van der Waals surface area contributed by atoms with E-state index in [1.165, 1.54) is 57.3 Å². The fourth-order valence-corrected chi connectivity index (χ4v) is 16.7. The lowest BCUT2D eigenvalue weighted by Gasteiger charge is -2.56. The normalized spacial score (nSPS) is 17.0. The van der Waals surface area contributed by atoms with E-state index in [0.717, 1.165) is 87.8 Å². The molecule has 6 aromatic carbocycles. The number of halogens is 18. The van der Waals surface area contributed by atoms with Gasteiger partial charge in [0.15, 0.2) is 69.8 Å². The molecule has 2 N–H and O–H groups in total. The Morgan fingerprint density at radius 2 is 0.746 bits per heavy atom. The summed E-state index contributed by atoms with van der Waals surface area (Å²) in [5, 5.41) is 11.6. The molecule has 0 radical (unpaired) electrons. The molecule has 1 atom stereocenters. The molecule has 5 saturated carbocycles. The average molecular weight is 1770 g/mol. The van der Waals surface area contributed by atoms with Gasteiger partial charge in [-0.05, 0) is 159 Å². The number of carbonyl (C=O) groups excluding carboxylic acids is 5. The van der Waals surface area contributed by atoms with Gasteiger partial charge in [0.1, 0.15) is 34.9 Å². The summed E-state index contributed by atoms with van der Waals surface area (Å²) in [4.78, 5) is 67.4. The van der Waals surface area contributed by atoms with Crippen molar-refractivity contribution in [3.05, 3.63) is 211 Å². The molecule has 1 unspecified atom stereocenters. The molecule has 122 heavy (non-hydrogen) atoms. The van der Waals surface area contributed by atoms with Gasteiger partial charge in [-0.2, -0.15) is 0 Å². The summed E-state index contributed by atoms with van der Waals surface area (Å²) in [5.74, 6) is -18.1. The Bertz CT molecular complexity index is 4580. The molecule has 6 aromatic rings. The van der Waals surface area contributed by atoms with Gasteiger partial charge in [-0.15, -0.1) is 0 Å². The van der Waals surface area contributed by atoms with Gasteiger partial charge in [-0.25, -0.2) is 87.5 Å². The molecule has 5 aliphatic carbocycles. The van der Waals surface area contributed by atoms with Crippen molar-refractivity contribution in [3.63, 3.8) is 0 Å². The third-order valence-corrected chi connectivity index (χ3v) is 24.9. The van der Waals surface area contributed by atoms with Crippen LogP contribution in [0.15, 0.2) is 72.8 Å². The van der Waals surface area contributed by atoms with E-state index >= 15 is 0 Å². The van der Waals surface area contributed by atoms with E-state index in [-0.39, 0.29) is 127 Å². The number of hydrogen-bond donors (Lipinski definition) is 2. The monoisotopic (exact) mass is 1760 g/mol.